The van der Waals surface area contributed by atoms with Gasteiger partial charge in [-0.25, -0.2) is 0 Å². The molecule has 1 N–H and O–H groups in total. The van der Waals surface area contributed by atoms with Gasteiger partial charge >= 0.3 is 5.97 Å². The molecule has 0 unspecified atom stereocenters. The molecule has 0 amide bonds. The Hall–Kier alpha value is -1.35. The fraction of sp³-hybridized carbons (Fsp3) is 0.500. The second-order valence-corrected chi connectivity index (χ2v) is 4.79. The summed E-state index contributed by atoms with van der Waals surface area (Å²) in [7, 11) is 0. The lowest BCUT2D eigenvalue weighted by molar-refractivity contribution is -0.142. The van der Waals surface area contributed by atoms with Crippen LogP contribution in [0.5, 0.6) is 0 Å². The van der Waals surface area contributed by atoms with Crippen molar-refractivity contribution in [3.63, 3.8) is 0 Å². The average molecular weight is 233 g/mol. The van der Waals surface area contributed by atoms with Crippen molar-refractivity contribution in [3.05, 3.63) is 35.4 Å². The van der Waals surface area contributed by atoms with E-state index in [0.29, 0.717) is 6.42 Å². The molecule has 3 heteroatoms. The van der Waals surface area contributed by atoms with Crippen LogP contribution in [0.2, 0.25) is 0 Å². The van der Waals surface area contributed by atoms with E-state index in [2.05, 4.69) is 11.0 Å². The highest BCUT2D eigenvalue weighted by Gasteiger charge is 2.27. The van der Waals surface area contributed by atoms with Crippen LogP contribution in [-0.4, -0.2) is 35.1 Å². The number of aliphatic carboxylic acids is 1. The van der Waals surface area contributed by atoms with E-state index < -0.39 is 5.97 Å². The van der Waals surface area contributed by atoms with Crippen LogP contribution in [0.3, 0.4) is 0 Å². The van der Waals surface area contributed by atoms with Gasteiger partial charge in [0.05, 0.1) is 0 Å². The van der Waals surface area contributed by atoms with Crippen molar-refractivity contribution in [2.24, 2.45) is 0 Å². The molecule has 1 heterocycles. The molecule has 1 saturated heterocycles. The van der Waals surface area contributed by atoms with Gasteiger partial charge < -0.3 is 5.11 Å². The maximum Gasteiger partial charge on any atom is 0.321 e. The molecule has 1 fully saturated rings. The number of hydrogen-bond donors (Lipinski definition) is 1. The molecular weight excluding hydrogens is 214 g/mol. The van der Waals surface area contributed by atoms with Crippen molar-refractivity contribution in [2.75, 3.05) is 13.1 Å². The highest BCUT2D eigenvalue weighted by Crippen LogP contribution is 2.16. The first kappa shape index (κ1) is 12.1. The Labute approximate surface area is 102 Å². The third-order valence-corrected chi connectivity index (χ3v) is 3.38. The van der Waals surface area contributed by atoms with Crippen LogP contribution in [0.15, 0.2) is 24.3 Å². The fourth-order valence-corrected chi connectivity index (χ4v) is 2.49. The van der Waals surface area contributed by atoms with Crippen molar-refractivity contribution in [2.45, 2.75) is 32.2 Å². The Balaban J connectivity index is 2.09. The van der Waals surface area contributed by atoms with Crippen molar-refractivity contribution in [3.8, 4) is 0 Å². The molecule has 0 radical (unpaired) electrons. The zero-order valence-electron chi connectivity index (χ0n) is 10.2. The number of likely N-dealkylation sites (tertiary alicyclic amines) is 1. The lowest BCUT2D eigenvalue weighted by Crippen LogP contribution is -2.40. The Bertz CT molecular complexity index is 397. The van der Waals surface area contributed by atoms with Gasteiger partial charge in [0.2, 0.25) is 0 Å². The first-order valence-electron chi connectivity index (χ1n) is 6.19. The normalized spacial score (nSPS) is 18.2. The van der Waals surface area contributed by atoms with Gasteiger partial charge in [-0.05, 0) is 44.8 Å². The first-order chi connectivity index (χ1) is 8.16. The van der Waals surface area contributed by atoms with Gasteiger partial charge in [-0.1, -0.05) is 29.8 Å². The number of carboxylic acid groups (broad SMARTS) is 1. The summed E-state index contributed by atoms with van der Waals surface area (Å²) in [4.78, 5) is 13.4. The molecule has 0 aliphatic carbocycles. The molecule has 2 rings (SSSR count). The fourth-order valence-electron chi connectivity index (χ4n) is 2.49. The summed E-state index contributed by atoms with van der Waals surface area (Å²) in [6.45, 7) is 3.88. The van der Waals surface area contributed by atoms with Gasteiger partial charge in [-0.3, -0.25) is 9.69 Å². The summed E-state index contributed by atoms with van der Waals surface area (Å²) in [5.41, 5.74) is 2.30. The highest BCUT2D eigenvalue weighted by atomic mass is 16.4. The van der Waals surface area contributed by atoms with Crippen molar-refractivity contribution >= 4 is 5.97 Å². The number of carbonyl (C=O) groups is 1. The minimum Gasteiger partial charge on any atom is -0.480 e. The van der Waals surface area contributed by atoms with E-state index in [9.17, 15) is 9.90 Å². The molecule has 0 saturated carbocycles. The summed E-state index contributed by atoms with van der Waals surface area (Å²) in [5, 5.41) is 9.32. The van der Waals surface area contributed by atoms with Gasteiger partial charge in [0.15, 0.2) is 0 Å². The van der Waals surface area contributed by atoms with Gasteiger partial charge in [-0.15, -0.1) is 0 Å². The van der Waals surface area contributed by atoms with Crippen LogP contribution >= 0.6 is 0 Å². The number of nitrogens with zero attached hydrogens (tertiary/aromatic N) is 1. The molecule has 1 aliphatic rings. The van der Waals surface area contributed by atoms with Crippen LogP contribution in [0.1, 0.15) is 24.0 Å². The van der Waals surface area contributed by atoms with Crippen LogP contribution < -0.4 is 0 Å². The monoisotopic (exact) mass is 233 g/mol. The quantitative estimate of drug-likeness (QED) is 0.865. The molecule has 0 aromatic heterocycles. The number of benzene rings is 1. The molecule has 1 atom stereocenters. The Morgan fingerprint density at radius 3 is 2.71 bits per heavy atom. The van der Waals surface area contributed by atoms with E-state index >= 15 is 0 Å². The Kier molecular flexibility index (Phi) is 3.79. The number of rotatable bonds is 4. The summed E-state index contributed by atoms with van der Waals surface area (Å²) in [6.07, 6.45) is 2.85. The van der Waals surface area contributed by atoms with Crippen LogP contribution in [0, 0.1) is 6.92 Å². The maximum atomic E-state index is 11.3. The van der Waals surface area contributed by atoms with Crippen molar-refractivity contribution < 1.29 is 9.90 Å². The van der Waals surface area contributed by atoms with Gasteiger partial charge in [0.1, 0.15) is 6.04 Å². The third kappa shape index (κ3) is 3.07. The topological polar surface area (TPSA) is 40.5 Å². The van der Waals surface area contributed by atoms with Crippen molar-refractivity contribution in [1.82, 2.24) is 4.90 Å². The molecule has 0 spiro atoms. The highest BCUT2D eigenvalue weighted by molar-refractivity contribution is 5.74. The molecule has 1 aromatic carbocycles. The molecule has 1 aliphatic heterocycles. The smallest absolute Gasteiger partial charge is 0.321 e. The molecule has 1 aromatic rings. The number of carboxylic acids is 1. The lowest BCUT2D eigenvalue weighted by Gasteiger charge is -2.23. The summed E-state index contributed by atoms with van der Waals surface area (Å²) in [6, 6.07) is 7.76. The van der Waals surface area contributed by atoms with Gasteiger partial charge in [0.25, 0.3) is 0 Å². The summed E-state index contributed by atoms with van der Waals surface area (Å²) in [5.74, 6) is -0.701. The molecule has 17 heavy (non-hydrogen) atoms. The second kappa shape index (κ2) is 5.32. The first-order valence-corrected chi connectivity index (χ1v) is 6.19. The minimum absolute atomic E-state index is 0.362. The average Bonchev–Trinajstić information content (AvgIpc) is 2.78. The maximum absolute atomic E-state index is 11.3. The minimum atomic E-state index is -0.701. The summed E-state index contributed by atoms with van der Waals surface area (Å²) < 4.78 is 0. The zero-order valence-corrected chi connectivity index (χ0v) is 10.2. The second-order valence-electron chi connectivity index (χ2n) is 4.79. The SMILES string of the molecule is Cc1cccc(C[C@H](C(=O)O)N2CCCC2)c1. The number of aryl methyl sites for hydroxylation is 1. The standard InChI is InChI=1S/C14H19NO2/c1-11-5-4-6-12(9-11)10-13(14(16)17)15-7-2-3-8-15/h4-6,9,13H,2-3,7-8,10H2,1H3,(H,16,17)/t13-/m1/s1. The van der Waals surface area contributed by atoms with Gasteiger partial charge in [-0.2, -0.15) is 0 Å². The van der Waals surface area contributed by atoms with Crippen LogP contribution in [0.25, 0.3) is 0 Å². The molecule has 92 valence electrons. The predicted molar refractivity (Wildman–Crippen MR) is 67.1 cm³/mol. The van der Waals surface area contributed by atoms with E-state index in [4.69, 9.17) is 0 Å². The van der Waals surface area contributed by atoms with E-state index in [-0.39, 0.29) is 6.04 Å². The lowest BCUT2D eigenvalue weighted by atomic mass is 10.0. The molecular formula is C14H19NO2. The number of hydrogen-bond acceptors (Lipinski definition) is 2. The van der Waals surface area contributed by atoms with E-state index in [1.165, 1.54) is 5.56 Å². The molecule has 3 nitrogen and oxygen atoms in total. The van der Waals surface area contributed by atoms with E-state index in [1.54, 1.807) is 0 Å². The van der Waals surface area contributed by atoms with E-state index in [0.717, 1.165) is 31.5 Å². The predicted octanol–water partition coefficient (Wildman–Crippen LogP) is 2.09. The third-order valence-electron chi connectivity index (χ3n) is 3.38. The van der Waals surface area contributed by atoms with E-state index in [1.807, 2.05) is 25.1 Å². The largest absolute Gasteiger partial charge is 0.480 e. The Morgan fingerprint density at radius 1 is 1.41 bits per heavy atom. The van der Waals surface area contributed by atoms with Crippen LogP contribution in [0.4, 0.5) is 0 Å². The Morgan fingerprint density at radius 2 is 2.12 bits per heavy atom. The zero-order chi connectivity index (χ0) is 12.3. The summed E-state index contributed by atoms with van der Waals surface area (Å²) >= 11 is 0. The van der Waals surface area contributed by atoms with Crippen LogP contribution in [-0.2, 0) is 11.2 Å². The molecule has 0 bridgehead atoms. The van der Waals surface area contributed by atoms with Gasteiger partial charge in [0, 0.05) is 0 Å². The van der Waals surface area contributed by atoms with Crippen molar-refractivity contribution in [1.29, 1.82) is 0 Å².